The summed E-state index contributed by atoms with van der Waals surface area (Å²) in [6.07, 6.45) is 3.17. The smallest absolute Gasteiger partial charge is 0.205 e. The fourth-order valence-corrected chi connectivity index (χ4v) is 0.627. The molecule has 0 bridgehead atoms. The number of carbonyl (C=O) groups excluding carboxylic acids is 1. The van der Waals surface area contributed by atoms with Crippen molar-refractivity contribution in [1.29, 1.82) is 0 Å². The highest BCUT2D eigenvalue weighted by Crippen LogP contribution is 1.95. The van der Waals surface area contributed by atoms with E-state index in [0.29, 0.717) is 12.8 Å². The average Bonchev–Trinajstić information content (AvgIpc) is 2.09. The monoisotopic (exact) mass is 182 g/mol. The fourth-order valence-electron chi connectivity index (χ4n) is 0.627. The van der Waals surface area contributed by atoms with E-state index in [4.69, 9.17) is 5.11 Å². The number of aliphatic hydroxyl groups excluding tert-OH is 1. The second-order valence-corrected chi connectivity index (χ2v) is 2.62. The normalized spacial score (nSPS) is 11.9. The number of methoxy groups -OCH3 is 1. The standard InChI is InChI=1S/C10H14O3/c1-9(11)6-7-10(12)5-3-4-8-13-2/h4,8-9,11H,6-7H2,1-2H3. The predicted octanol–water partition coefficient (Wildman–Crippen LogP) is 0.880. The van der Waals surface area contributed by atoms with E-state index in [9.17, 15) is 4.79 Å². The van der Waals surface area contributed by atoms with Crippen LogP contribution in [0.3, 0.4) is 0 Å². The zero-order valence-corrected chi connectivity index (χ0v) is 7.91. The van der Waals surface area contributed by atoms with Gasteiger partial charge in [-0.1, -0.05) is 5.92 Å². The number of hydrogen-bond acceptors (Lipinski definition) is 3. The molecule has 0 amide bonds. The van der Waals surface area contributed by atoms with Crippen molar-refractivity contribution in [3.8, 4) is 11.8 Å². The number of allylic oxidation sites excluding steroid dienone is 1. The van der Waals surface area contributed by atoms with Crippen LogP contribution in [0.15, 0.2) is 12.3 Å². The van der Waals surface area contributed by atoms with Crippen LogP contribution in [0.1, 0.15) is 19.8 Å². The lowest BCUT2D eigenvalue weighted by atomic mass is 10.1. The first-order chi connectivity index (χ1) is 6.16. The molecule has 0 aromatic heterocycles. The van der Waals surface area contributed by atoms with Gasteiger partial charge >= 0.3 is 0 Å². The van der Waals surface area contributed by atoms with E-state index in [2.05, 4.69) is 16.6 Å². The molecule has 3 heteroatoms. The second kappa shape index (κ2) is 7.38. The van der Waals surface area contributed by atoms with Crippen LogP contribution in [0.4, 0.5) is 0 Å². The molecule has 0 saturated heterocycles. The van der Waals surface area contributed by atoms with Gasteiger partial charge in [-0.3, -0.25) is 4.79 Å². The molecule has 0 saturated carbocycles. The first-order valence-corrected chi connectivity index (χ1v) is 4.07. The molecule has 0 aromatic carbocycles. The molecular weight excluding hydrogens is 168 g/mol. The number of Topliss-reactive ketones (excluding diaryl/α,β-unsaturated/α-hetero) is 1. The third-order valence-corrected chi connectivity index (χ3v) is 1.29. The first-order valence-electron chi connectivity index (χ1n) is 4.07. The number of ether oxygens (including phenoxy) is 1. The Hall–Kier alpha value is -1.27. The minimum atomic E-state index is -0.444. The van der Waals surface area contributed by atoms with Crippen LogP contribution in [-0.4, -0.2) is 24.1 Å². The molecule has 3 nitrogen and oxygen atoms in total. The quantitative estimate of drug-likeness (QED) is 0.399. The molecular formula is C10H14O3. The molecule has 0 fully saturated rings. The van der Waals surface area contributed by atoms with E-state index in [-0.39, 0.29) is 5.78 Å². The van der Waals surface area contributed by atoms with Crippen LogP contribution in [0.5, 0.6) is 0 Å². The van der Waals surface area contributed by atoms with Crippen LogP contribution in [-0.2, 0) is 9.53 Å². The van der Waals surface area contributed by atoms with E-state index < -0.39 is 6.10 Å². The zero-order valence-electron chi connectivity index (χ0n) is 7.91. The van der Waals surface area contributed by atoms with Gasteiger partial charge in [-0.05, 0) is 19.3 Å². The SMILES string of the molecule is COC=CC#CC(=O)CCC(C)O. The molecule has 13 heavy (non-hydrogen) atoms. The maximum atomic E-state index is 11.0. The number of ketones is 1. The third-order valence-electron chi connectivity index (χ3n) is 1.29. The Bertz CT molecular complexity index is 230. The highest BCUT2D eigenvalue weighted by Gasteiger charge is 1.99. The number of rotatable bonds is 4. The van der Waals surface area contributed by atoms with E-state index in [0.717, 1.165) is 0 Å². The summed E-state index contributed by atoms with van der Waals surface area (Å²) >= 11 is 0. The average molecular weight is 182 g/mol. The van der Waals surface area contributed by atoms with Crippen LogP contribution in [0, 0.1) is 11.8 Å². The van der Waals surface area contributed by atoms with Crippen molar-refractivity contribution in [2.45, 2.75) is 25.9 Å². The molecule has 72 valence electrons. The Kier molecular flexibility index (Phi) is 6.66. The van der Waals surface area contributed by atoms with E-state index in [1.807, 2.05) is 0 Å². The van der Waals surface area contributed by atoms with Gasteiger partial charge in [-0.2, -0.15) is 0 Å². The third kappa shape index (κ3) is 8.64. The van der Waals surface area contributed by atoms with E-state index in [1.165, 1.54) is 19.4 Å². The lowest BCUT2D eigenvalue weighted by Crippen LogP contribution is -2.03. The van der Waals surface area contributed by atoms with Gasteiger partial charge < -0.3 is 9.84 Å². The van der Waals surface area contributed by atoms with Crippen molar-refractivity contribution in [3.63, 3.8) is 0 Å². The number of aliphatic hydroxyl groups is 1. The molecule has 0 heterocycles. The van der Waals surface area contributed by atoms with Gasteiger partial charge in [0.15, 0.2) is 0 Å². The van der Waals surface area contributed by atoms with Crippen LogP contribution >= 0.6 is 0 Å². The molecule has 1 unspecified atom stereocenters. The number of carbonyl (C=O) groups is 1. The Morgan fingerprint density at radius 2 is 2.38 bits per heavy atom. The summed E-state index contributed by atoms with van der Waals surface area (Å²) in [7, 11) is 1.51. The van der Waals surface area contributed by atoms with Crippen LogP contribution in [0.25, 0.3) is 0 Å². The van der Waals surface area contributed by atoms with Crippen LogP contribution < -0.4 is 0 Å². The van der Waals surface area contributed by atoms with E-state index in [1.54, 1.807) is 6.92 Å². The Balaban J connectivity index is 3.71. The predicted molar refractivity (Wildman–Crippen MR) is 49.8 cm³/mol. The molecule has 1 atom stereocenters. The van der Waals surface area contributed by atoms with Crippen molar-refractivity contribution in [2.24, 2.45) is 0 Å². The lowest BCUT2D eigenvalue weighted by Gasteiger charge is -1.97. The first kappa shape index (κ1) is 11.7. The minimum Gasteiger partial charge on any atom is -0.504 e. The highest BCUT2D eigenvalue weighted by molar-refractivity contribution is 5.95. The van der Waals surface area contributed by atoms with Crippen molar-refractivity contribution < 1.29 is 14.6 Å². The summed E-state index contributed by atoms with van der Waals surface area (Å²) in [5.41, 5.74) is 0. The maximum Gasteiger partial charge on any atom is 0.205 e. The summed E-state index contributed by atoms with van der Waals surface area (Å²) in [5, 5.41) is 8.88. The molecule has 0 spiro atoms. The second-order valence-electron chi connectivity index (χ2n) is 2.62. The topological polar surface area (TPSA) is 46.5 Å². The van der Waals surface area contributed by atoms with Crippen molar-refractivity contribution >= 4 is 5.78 Å². The van der Waals surface area contributed by atoms with Crippen molar-refractivity contribution in [1.82, 2.24) is 0 Å². The minimum absolute atomic E-state index is 0.165. The summed E-state index contributed by atoms with van der Waals surface area (Å²) < 4.78 is 4.59. The van der Waals surface area contributed by atoms with Gasteiger partial charge in [0.25, 0.3) is 0 Å². The van der Waals surface area contributed by atoms with Crippen molar-refractivity contribution in [3.05, 3.63) is 12.3 Å². The molecule has 0 aliphatic carbocycles. The lowest BCUT2D eigenvalue weighted by molar-refractivity contribution is -0.114. The van der Waals surface area contributed by atoms with Gasteiger partial charge in [-0.15, -0.1) is 0 Å². The zero-order chi connectivity index (χ0) is 10.1. The molecule has 0 rings (SSSR count). The molecule has 0 aliphatic heterocycles. The summed E-state index contributed by atoms with van der Waals surface area (Å²) in [4.78, 5) is 11.0. The van der Waals surface area contributed by atoms with Gasteiger partial charge in [-0.25, -0.2) is 0 Å². The van der Waals surface area contributed by atoms with E-state index >= 15 is 0 Å². The Labute approximate surface area is 78.4 Å². The fraction of sp³-hybridized carbons (Fsp3) is 0.500. The molecule has 0 aromatic rings. The Morgan fingerprint density at radius 3 is 2.92 bits per heavy atom. The molecule has 0 aliphatic rings. The summed E-state index contributed by atoms with van der Waals surface area (Å²) in [6.45, 7) is 1.64. The molecule has 0 radical (unpaired) electrons. The highest BCUT2D eigenvalue weighted by atomic mass is 16.5. The van der Waals surface area contributed by atoms with Gasteiger partial charge in [0.2, 0.25) is 5.78 Å². The van der Waals surface area contributed by atoms with Crippen molar-refractivity contribution in [2.75, 3.05) is 7.11 Å². The number of hydrogen-bond donors (Lipinski definition) is 1. The largest absolute Gasteiger partial charge is 0.504 e. The van der Waals surface area contributed by atoms with Gasteiger partial charge in [0.1, 0.15) is 0 Å². The summed E-state index contributed by atoms with van der Waals surface area (Å²) in [5.74, 6) is 4.76. The molecule has 1 N–H and O–H groups in total. The maximum absolute atomic E-state index is 11.0. The van der Waals surface area contributed by atoms with Gasteiger partial charge in [0.05, 0.1) is 19.5 Å². The van der Waals surface area contributed by atoms with Crippen LogP contribution in [0.2, 0.25) is 0 Å². The Morgan fingerprint density at radius 1 is 1.69 bits per heavy atom. The summed E-state index contributed by atoms with van der Waals surface area (Å²) in [6, 6.07) is 0. The van der Waals surface area contributed by atoms with Gasteiger partial charge in [0, 0.05) is 12.5 Å².